The number of hydrogen-bond donors (Lipinski definition) is 1. The Morgan fingerprint density at radius 3 is 2.10 bits per heavy atom. The van der Waals surface area contributed by atoms with Gasteiger partial charge in [-0.1, -0.05) is 56.3 Å². The number of carbonyl (C=O) groups excluding carboxylic acids is 2. The third-order valence-electron chi connectivity index (χ3n) is 7.88. The van der Waals surface area contributed by atoms with Gasteiger partial charge in [-0.2, -0.15) is 0 Å². The van der Waals surface area contributed by atoms with Crippen molar-refractivity contribution in [3.8, 4) is 17.2 Å². The van der Waals surface area contributed by atoms with Crippen LogP contribution >= 0.6 is 0 Å². The van der Waals surface area contributed by atoms with E-state index in [2.05, 4.69) is 5.32 Å². The molecule has 0 aliphatic rings. The Balaban J connectivity index is 1.83. The smallest absolute Gasteiger partial charge is 0.264 e. The molecule has 50 heavy (non-hydrogen) atoms. The number of anilines is 1. The van der Waals surface area contributed by atoms with E-state index in [1.165, 1.54) is 61.6 Å². The van der Waals surface area contributed by atoms with E-state index in [0.29, 0.717) is 30.2 Å². The molecule has 1 atom stereocenters. The summed E-state index contributed by atoms with van der Waals surface area (Å²) in [5.41, 5.74) is 1.56. The van der Waals surface area contributed by atoms with Gasteiger partial charge in [-0.3, -0.25) is 13.9 Å². The van der Waals surface area contributed by atoms with E-state index in [1.54, 1.807) is 24.3 Å². The number of rotatable bonds is 17. The average molecular weight is 706 g/mol. The van der Waals surface area contributed by atoms with Crippen molar-refractivity contribution in [2.45, 2.75) is 44.7 Å². The molecule has 0 bridgehead atoms. The first-order valence-corrected chi connectivity index (χ1v) is 17.7. The minimum absolute atomic E-state index is 0.0841. The fourth-order valence-electron chi connectivity index (χ4n) is 5.27. The van der Waals surface area contributed by atoms with Crippen LogP contribution in [0.3, 0.4) is 0 Å². The Hall–Kier alpha value is -5.10. The number of sulfonamides is 1. The first-order chi connectivity index (χ1) is 24.0. The van der Waals surface area contributed by atoms with Crippen molar-refractivity contribution in [1.29, 1.82) is 0 Å². The number of nitrogens with one attached hydrogen (secondary N) is 1. The molecule has 0 saturated carbocycles. The highest BCUT2D eigenvalue weighted by atomic mass is 32.2. The molecule has 0 aliphatic carbocycles. The normalized spacial score (nSPS) is 11.8. The Bertz CT molecular complexity index is 1820. The summed E-state index contributed by atoms with van der Waals surface area (Å²) in [5, 5.41) is 2.95. The maximum Gasteiger partial charge on any atom is 0.264 e. The number of ether oxygens (including phenoxy) is 3. The molecule has 4 rings (SSSR count). The van der Waals surface area contributed by atoms with E-state index in [0.717, 1.165) is 9.87 Å². The molecule has 4 aromatic carbocycles. The molecule has 12 heteroatoms. The number of benzene rings is 4. The Morgan fingerprint density at radius 2 is 1.50 bits per heavy atom. The van der Waals surface area contributed by atoms with Crippen LogP contribution in [0.4, 0.5) is 10.1 Å². The summed E-state index contributed by atoms with van der Waals surface area (Å²) >= 11 is 0. The Labute approximate surface area is 293 Å². The number of methoxy groups -OCH3 is 2. The molecule has 0 spiro atoms. The summed E-state index contributed by atoms with van der Waals surface area (Å²) in [6.07, 6.45) is 0.156. The van der Waals surface area contributed by atoms with Crippen LogP contribution in [0.5, 0.6) is 17.2 Å². The number of carbonyl (C=O) groups is 2. The number of nitrogens with zero attached hydrogens (tertiary/aromatic N) is 2. The maximum absolute atomic E-state index is 14.6. The predicted molar refractivity (Wildman–Crippen MR) is 190 cm³/mol. The van der Waals surface area contributed by atoms with Crippen molar-refractivity contribution in [3.05, 3.63) is 114 Å². The van der Waals surface area contributed by atoms with E-state index in [1.807, 2.05) is 51.1 Å². The van der Waals surface area contributed by atoms with Crippen molar-refractivity contribution in [2.24, 2.45) is 5.92 Å². The molecule has 0 aromatic heterocycles. The second-order valence-electron chi connectivity index (χ2n) is 11.9. The van der Waals surface area contributed by atoms with E-state index >= 15 is 0 Å². The first kappa shape index (κ1) is 37.7. The highest BCUT2D eigenvalue weighted by molar-refractivity contribution is 7.92. The van der Waals surface area contributed by atoms with E-state index in [-0.39, 0.29) is 35.2 Å². The molecule has 266 valence electrons. The fourth-order valence-corrected chi connectivity index (χ4v) is 6.70. The largest absolute Gasteiger partial charge is 0.494 e. The zero-order chi connectivity index (χ0) is 36.3. The lowest BCUT2D eigenvalue weighted by molar-refractivity contribution is -0.140. The molecule has 0 saturated heterocycles. The Kier molecular flexibility index (Phi) is 13.2. The van der Waals surface area contributed by atoms with Crippen molar-refractivity contribution in [1.82, 2.24) is 10.2 Å². The fraction of sp³-hybridized carbons (Fsp3) is 0.316. The molecule has 0 radical (unpaired) electrons. The lowest BCUT2D eigenvalue weighted by atomic mass is 10.0. The third kappa shape index (κ3) is 9.75. The van der Waals surface area contributed by atoms with Crippen LogP contribution in [-0.2, 0) is 32.6 Å². The van der Waals surface area contributed by atoms with E-state index in [4.69, 9.17) is 14.2 Å². The molecule has 4 aromatic rings. The monoisotopic (exact) mass is 705 g/mol. The standard InChI is InChI=1S/C38H44FN3O7S/c1-6-49-32-18-16-31(17-19-32)42(50(45,46)33-20-21-35(47-4)36(23-33)48-5)26-37(43)41(25-29-12-14-30(39)15-13-29)34(38(44)40-24-27(2)3)22-28-10-8-7-9-11-28/h7-21,23,27,34H,6,22,24-26H2,1-5H3,(H,40,44). The van der Waals surface area contributed by atoms with Crippen molar-refractivity contribution in [3.63, 3.8) is 0 Å². The second kappa shape index (κ2) is 17.5. The van der Waals surface area contributed by atoms with Crippen LogP contribution in [0.15, 0.2) is 102 Å². The zero-order valence-electron chi connectivity index (χ0n) is 29.0. The second-order valence-corrected chi connectivity index (χ2v) is 13.8. The van der Waals surface area contributed by atoms with Crippen molar-refractivity contribution in [2.75, 3.05) is 38.2 Å². The molecule has 2 amide bonds. The van der Waals surface area contributed by atoms with Crippen LogP contribution < -0.4 is 23.8 Å². The Morgan fingerprint density at radius 1 is 0.840 bits per heavy atom. The van der Waals surface area contributed by atoms with Crippen LogP contribution in [0.2, 0.25) is 0 Å². The van der Waals surface area contributed by atoms with Crippen molar-refractivity contribution < 1.29 is 36.6 Å². The van der Waals surface area contributed by atoms with Gasteiger partial charge < -0.3 is 24.4 Å². The van der Waals surface area contributed by atoms with Gasteiger partial charge in [0.25, 0.3) is 10.0 Å². The SMILES string of the molecule is CCOc1ccc(N(CC(=O)N(Cc2ccc(F)cc2)C(Cc2ccccc2)C(=O)NCC(C)C)S(=O)(=O)c2ccc(OC)c(OC)c2)cc1. The third-order valence-corrected chi connectivity index (χ3v) is 9.65. The van der Waals surface area contributed by atoms with E-state index < -0.39 is 40.2 Å². The summed E-state index contributed by atoms with van der Waals surface area (Å²) in [4.78, 5) is 29.8. The molecule has 1 N–H and O–H groups in total. The van der Waals surface area contributed by atoms with Crippen molar-refractivity contribution >= 4 is 27.5 Å². The quantitative estimate of drug-likeness (QED) is 0.147. The lowest BCUT2D eigenvalue weighted by Gasteiger charge is -2.34. The molecule has 1 unspecified atom stereocenters. The van der Waals surface area contributed by atoms with Gasteiger partial charge in [-0.05, 0) is 72.5 Å². The summed E-state index contributed by atoms with van der Waals surface area (Å²) in [5.74, 6) is -0.315. The highest BCUT2D eigenvalue weighted by Gasteiger charge is 2.35. The number of amides is 2. The topological polar surface area (TPSA) is 114 Å². The number of halogens is 1. The highest BCUT2D eigenvalue weighted by Crippen LogP contribution is 2.33. The van der Waals surface area contributed by atoms with Gasteiger partial charge in [0, 0.05) is 25.6 Å². The predicted octanol–water partition coefficient (Wildman–Crippen LogP) is 5.85. The number of hydrogen-bond acceptors (Lipinski definition) is 7. The summed E-state index contributed by atoms with van der Waals surface area (Å²) in [7, 11) is -1.58. The lowest BCUT2D eigenvalue weighted by Crippen LogP contribution is -2.53. The molecule has 10 nitrogen and oxygen atoms in total. The van der Waals surface area contributed by atoms with Gasteiger partial charge >= 0.3 is 0 Å². The van der Waals surface area contributed by atoms with Gasteiger partial charge in [0.05, 0.1) is 31.4 Å². The molecule has 0 heterocycles. The maximum atomic E-state index is 14.6. The average Bonchev–Trinajstić information content (AvgIpc) is 3.12. The minimum atomic E-state index is -4.41. The van der Waals surface area contributed by atoms with Gasteiger partial charge in [-0.25, -0.2) is 12.8 Å². The zero-order valence-corrected chi connectivity index (χ0v) is 29.8. The van der Waals surface area contributed by atoms with Gasteiger partial charge in [0.15, 0.2) is 11.5 Å². The van der Waals surface area contributed by atoms with E-state index in [9.17, 15) is 22.4 Å². The van der Waals surface area contributed by atoms with Crippen LogP contribution in [0.1, 0.15) is 31.9 Å². The van der Waals surface area contributed by atoms with Crippen LogP contribution in [0, 0.1) is 11.7 Å². The molecular formula is C38H44FN3O7S. The molecular weight excluding hydrogens is 661 g/mol. The van der Waals surface area contributed by atoms with Gasteiger partial charge in [0.2, 0.25) is 11.8 Å². The first-order valence-electron chi connectivity index (χ1n) is 16.3. The molecule has 0 fully saturated rings. The summed E-state index contributed by atoms with van der Waals surface area (Å²) in [6, 6.07) is 24.4. The summed E-state index contributed by atoms with van der Waals surface area (Å²) < 4.78 is 60.1. The van der Waals surface area contributed by atoms with Crippen LogP contribution in [0.25, 0.3) is 0 Å². The minimum Gasteiger partial charge on any atom is -0.494 e. The van der Waals surface area contributed by atoms with Gasteiger partial charge in [-0.15, -0.1) is 0 Å². The molecule has 0 aliphatic heterocycles. The van der Waals surface area contributed by atoms with Gasteiger partial charge in [0.1, 0.15) is 24.2 Å². The van der Waals surface area contributed by atoms with Crippen LogP contribution in [-0.4, -0.2) is 65.1 Å². The summed E-state index contributed by atoms with van der Waals surface area (Å²) in [6.45, 7) is 5.79.